The van der Waals surface area contributed by atoms with Crippen molar-refractivity contribution < 1.29 is 9.53 Å². The van der Waals surface area contributed by atoms with Crippen LogP contribution in [-0.2, 0) is 4.74 Å². The fraction of sp³-hybridized carbons (Fsp3) is 0.467. The highest BCUT2D eigenvalue weighted by molar-refractivity contribution is 7.21. The van der Waals surface area contributed by atoms with Crippen LogP contribution >= 0.6 is 11.3 Å². The maximum absolute atomic E-state index is 12.2. The van der Waals surface area contributed by atoms with Gasteiger partial charge < -0.3 is 15.8 Å². The van der Waals surface area contributed by atoms with Crippen LogP contribution in [0.5, 0.6) is 0 Å². The number of hydrogen-bond donors (Lipinski definition) is 2. The van der Waals surface area contributed by atoms with Crippen LogP contribution in [-0.4, -0.2) is 30.1 Å². The summed E-state index contributed by atoms with van der Waals surface area (Å²) >= 11 is 1.35. The van der Waals surface area contributed by atoms with Crippen molar-refractivity contribution in [3.05, 3.63) is 22.7 Å². The van der Waals surface area contributed by atoms with Gasteiger partial charge in [-0.15, -0.1) is 11.3 Å². The van der Waals surface area contributed by atoms with E-state index in [9.17, 15) is 4.79 Å². The number of amides is 1. The summed E-state index contributed by atoms with van der Waals surface area (Å²) in [4.78, 5) is 18.0. The van der Waals surface area contributed by atoms with E-state index in [-0.39, 0.29) is 12.0 Å². The molecule has 1 aliphatic heterocycles. The zero-order valence-electron chi connectivity index (χ0n) is 12.0. The summed E-state index contributed by atoms with van der Waals surface area (Å²) in [6, 6.07) is 3.83. The van der Waals surface area contributed by atoms with Crippen molar-refractivity contribution in [3.8, 4) is 0 Å². The van der Waals surface area contributed by atoms with Gasteiger partial charge in [-0.05, 0) is 38.3 Å². The Morgan fingerprint density at radius 2 is 2.43 bits per heavy atom. The van der Waals surface area contributed by atoms with Crippen LogP contribution < -0.4 is 11.1 Å². The average molecular weight is 305 g/mol. The summed E-state index contributed by atoms with van der Waals surface area (Å²) in [5.74, 6) is -0.119. The van der Waals surface area contributed by atoms with Gasteiger partial charge in [-0.1, -0.05) is 0 Å². The van der Waals surface area contributed by atoms with E-state index in [1.165, 1.54) is 11.3 Å². The molecule has 1 fully saturated rings. The largest absolute Gasteiger partial charge is 0.397 e. The molecule has 0 radical (unpaired) electrons. The Hall–Kier alpha value is -1.66. The molecule has 112 valence electrons. The quantitative estimate of drug-likeness (QED) is 0.910. The molecular weight excluding hydrogens is 286 g/mol. The van der Waals surface area contributed by atoms with Gasteiger partial charge in [0, 0.05) is 24.2 Å². The minimum atomic E-state index is -0.119. The summed E-state index contributed by atoms with van der Waals surface area (Å²) in [7, 11) is 0. The predicted molar refractivity (Wildman–Crippen MR) is 84.7 cm³/mol. The van der Waals surface area contributed by atoms with Gasteiger partial charge in [-0.25, -0.2) is 4.98 Å². The number of ether oxygens (including phenoxy) is 1. The molecule has 6 heteroatoms. The normalized spacial score (nSPS) is 18.2. The number of hydrogen-bond acceptors (Lipinski definition) is 5. The lowest BCUT2D eigenvalue weighted by atomic mass is 10.2. The van der Waals surface area contributed by atoms with E-state index in [4.69, 9.17) is 10.5 Å². The van der Waals surface area contributed by atoms with Crippen molar-refractivity contribution in [1.29, 1.82) is 0 Å². The first kappa shape index (κ1) is 14.3. The second kappa shape index (κ2) is 5.99. The Balaban J connectivity index is 1.67. The van der Waals surface area contributed by atoms with Gasteiger partial charge in [0.15, 0.2) is 0 Å². The number of aryl methyl sites for hydroxylation is 1. The Bertz CT molecular complexity index is 662. The first-order valence-electron chi connectivity index (χ1n) is 7.20. The van der Waals surface area contributed by atoms with Crippen LogP contribution in [0.4, 0.5) is 5.69 Å². The number of nitrogen functional groups attached to an aromatic ring is 1. The molecule has 2 aromatic rings. The number of nitrogens with one attached hydrogen (secondary N) is 1. The molecule has 3 rings (SSSR count). The van der Waals surface area contributed by atoms with Gasteiger partial charge >= 0.3 is 0 Å². The Morgan fingerprint density at radius 1 is 1.57 bits per heavy atom. The van der Waals surface area contributed by atoms with Gasteiger partial charge in [0.05, 0.1) is 11.8 Å². The Morgan fingerprint density at radius 3 is 3.19 bits per heavy atom. The molecular formula is C15H19N3O2S. The minimum absolute atomic E-state index is 0.119. The molecule has 0 bridgehead atoms. The lowest BCUT2D eigenvalue weighted by molar-refractivity contribution is 0.0911. The third-order valence-corrected chi connectivity index (χ3v) is 4.83. The van der Waals surface area contributed by atoms with E-state index in [0.29, 0.717) is 17.1 Å². The third-order valence-electron chi connectivity index (χ3n) is 3.72. The SMILES string of the molecule is Cc1ccc2c(N)c(C(=O)NCCC3CCCO3)sc2n1. The number of anilines is 1. The van der Waals surface area contributed by atoms with Crippen LogP contribution in [0, 0.1) is 6.92 Å². The Kier molecular flexibility index (Phi) is 4.07. The molecule has 0 aliphatic carbocycles. The maximum atomic E-state index is 12.2. The second-order valence-corrected chi connectivity index (χ2v) is 6.33. The molecule has 21 heavy (non-hydrogen) atoms. The molecule has 1 aliphatic rings. The fourth-order valence-corrected chi connectivity index (χ4v) is 3.61. The molecule has 0 spiro atoms. The maximum Gasteiger partial charge on any atom is 0.263 e. The van der Waals surface area contributed by atoms with Gasteiger partial charge in [-0.2, -0.15) is 0 Å². The highest BCUT2D eigenvalue weighted by atomic mass is 32.1. The third kappa shape index (κ3) is 3.01. The number of carbonyl (C=O) groups excluding carboxylic acids is 1. The molecule has 3 N–H and O–H groups in total. The standard InChI is InChI=1S/C15H19N3O2S/c1-9-4-5-11-12(16)13(21-15(11)18-9)14(19)17-7-6-10-3-2-8-20-10/h4-5,10H,2-3,6-8,16H2,1H3,(H,17,19). The summed E-state index contributed by atoms with van der Waals surface area (Å²) in [5, 5.41) is 3.78. The number of pyridine rings is 1. The molecule has 5 nitrogen and oxygen atoms in total. The average Bonchev–Trinajstić information content (AvgIpc) is 3.07. The minimum Gasteiger partial charge on any atom is -0.397 e. The highest BCUT2D eigenvalue weighted by Gasteiger charge is 2.19. The first-order chi connectivity index (χ1) is 10.1. The molecule has 2 aromatic heterocycles. The number of fused-ring (bicyclic) bond motifs is 1. The highest BCUT2D eigenvalue weighted by Crippen LogP contribution is 2.32. The number of nitrogens with zero attached hydrogens (tertiary/aromatic N) is 1. The number of thiophene rings is 1. The molecule has 0 saturated carbocycles. The predicted octanol–water partition coefficient (Wildman–Crippen LogP) is 2.49. The van der Waals surface area contributed by atoms with Crippen molar-refractivity contribution >= 4 is 33.1 Å². The van der Waals surface area contributed by atoms with E-state index < -0.39 is 0 Å². The summed E-state index contributed by atoms with van der Waals surface area (Å²) < 4.78 is 5.54. The molecule has 0 aromatic carbocycles. The summed E-state index contributed by atoms with van der Waals surface area (Å²) in [5.41, 5.74) is 7.52. The van der Waals surface area contributed by atoms with E-state index in [2.05, 4.69) is 10.3 Å². The second-order valence-electron chi connectivity index (χ2n) is 5.33. The number of nitrogens with two attached hydrogens (primary N) is 1. The number of rotatable bonds is 4. The topological polar surface area (TPSA) is 77.2 Å². The van der Waals surface area contributed by atoms with E-state index in [1.54, 1.807) is 0 Å². The van der Waals surface area contributed by atoms with Crippen molar-refractivity contribution in [3.63, 3.8) is 0 Å². The Labute approximate surface area is 127 Å². The molecule has 1 atom stereocenters. The van der Waals surface area contributed by atoms with Gasteiger partial charge in [-0.3, -0.25) is 4.79 Å². The van der Waals surface area contributed by atoms with Crippen LogP contribution in [0.2, 0.25) is 0 Å². The lowest BCUT2D eigenvalue weighted by Gasteiger charge is -2.09. The van der Waals surface area contributed by atoms with Crippen LogP contribution in [0.15, 0.2) is 12.1 Å². The van der Waals surface area contributed by atoms with Crippen LogP contribution in [0.3, 0.4) is 0 Å². The summed E-state index contributed by atoms with van der Waals surface area (Å²) in [6.07, 6.45) is 3.35. The van der Waals surface area contributed by atoms with Gasteiger partial charge in [0.25, 0.3) is 5.91 Å². The number of carbonyl (C=O) groups is 1. The molecule has 1 amide bonds. The van der Waals surface area contributed by atoms with Crippen molar-refractivity contribution in [2.24, 2.45) is 0 Å². The fourth-order valence-electron chi connectivity index (χ4n) is 2.56. The van der Waals surface area contributed by atoms with E-state index in [1.807, 2.05) is 19.1 Å². The zero-order chi connectivity index (χ0) is 14.8. The smallest absolute Gasteiger partial charge is 0.263 e. The molecule has 3 heterocycles. The van der Waals surface area contributed by atoms with Crippen molar-refractivity contribution in [2.75, 3.05) is 18.9 Å². The molecule has 1 saturated heterocycles. The number of aromatic nitrogens is 1. The van der Waals surface area contributed by atoms with Gasteiger partial charge in [0.1, 0.15) is 9.71 Å². The monoisotopic (exact) mass is 305 g/mol. The van der Waals surface area contributed by atoms with Crippen molar-refractivity contribution in [2.45, 2.75) is 32.3 Å². The first-order valence-corrected chi connectivity index (χ1v) is 8.02. The van der Waals surface area contributed by atoms with E-state index in [0.717, 1.165) is 41.8 Å². The summed E-state index contributed by atoms with van der Waals surface area (Å²) in [6.45, 7) is 3.38. The molecule has 1 unspecified atom stereocenters. The van der Waals surface area contributed by atoms with Crippen LogP contribution in [0.1, 0.15) is 34.6 Å². The lowest BCUT2D eigenvalue weighted by Crippen LogP contribution is -2.26. The van der Waals surface area contributed by atoms with E-state index >= 15 is 0 Å². The van der Waals surface area contributed by atoms with Crippen LogP contribution in [0.25, 0.3) is 10.2 Å². The zero-order valence-corrected chi connectivity index (χ0v) is 12.8. The van der Waals surface area contributed by atoms with Gasteiger partial charge in [0.2, 0.25) is 0 Å². The van der Waals surface area contributed by atoms with Crippen molar-refractivity contribution in [1.82, 2.24) is 10.3 Å².